The van der Waals surface area contributed by atoms with Crippen molar-refractivity contribution in [3.63, 3.8) is 0 Å². The first-order valence-corrected chi connectivity index (χ1v) is 4.10. The Kier molecular flexibility index (Phi) is 2.83. The molecule has 0 bridgehead atoms. The molecule has 0 spiro atoms. The number of nitro benzene ring substituents is 1. The molecule has 0 aliphatic heterocycles. The van der Waals surface area contributed by atoms with E-state index < -0.39 is 10.5 Å². The molecule has 0 aromatic heterocycles. The number of hydrogen-bond donors (Lipinski definition) is 1. The van der Waals surface area contributed by atoms with E-state index in [4.69, 9.17) is 10.7 Å². The van der Waals surface area contributed by atoms with E-state index in [2.05, 4.69) is 0 Å². The zero-order valence-corrected chi connectivity index (χ0v) is 8.06. The number of nitrogens with zero attached hydrogens (tertiary/aromatic N) is 1. The normalized spacial score (nSPS) is 11.4. The molecule has 0 heterocycles. The molecule has 2 N–H and O–H groups in total. The second-order valence-electron chi connectivity index (χ2n) is 3.43. The van der Waals surface area contributed by atoms with Crippen LogP contribution in [0.25, 0.3) is 0 Å². The van der Waals surface area contributed by atoms with Gasteiger partial charge in [0.15, 0.2) is 0 Å². The minimum Gasteiger partial charge on any atom is -0.294 e. The Bertz CT molecular complexity index is 332. The van der Waals surface area contributed by atoms with E-state index in [0.29, 0.717) is 0 Å². The van der Waals surface area contributed by atoms with Crippen molar-refractivity contribution in [3.8, 4) is 0 Å². The van der Waals surface area contributed by atoms with E-state index >= 15 is 0 Å². The highest BCUT2D eigenvalue weighted by molar-refractivity contribution is 5.34. The molecule has 0 radical (unpaired) electrons. The van der Waals surface area contributed by atoms with Crippen molar-refractivity contribution >= 4 is 5.69 Å². The minimum atomic E-state index is -0.630. The van der Waals surface area contributed by atoms with Crippen LogP contribution in [0.5, 0.6) is 0 Å². The molecule has 76 valence electrons. The Morgan fingerprint density at radius 1 is 1.36 bits per heavy atom. The molecule has 0 unspecified atom stereocenters. The van der Waals surface area contributed by atoms with Crippen LogP contribution in [0.3, 0.4) is 0 Å². The zero-order valence-electron chi connectivity index (χ0n) is 8.06. The number of benzene rings is 1. The molecule has 0 saturated heterocycles. The van der Waals surface area contributed by atoms with Gasteiger partial charge in [0.1, 0.15) is 5.60 Å². The molecule has 1 rings (SSSR count). The van der Waals surface area contributed by atoms with Gasteiger partial charge in [0, 0.05) is 12.1 Å². The van der Waals surface area contributed by atoms with Gasteiger partial charge in [-0.2, -0.15) is 0 Å². The number of nitro groups is 1. The van der Waals surface area contributed by atoms with E-state index in [9.17, 15) is 10.1 Å². The van der Waals surface area contributed by atoms with E-state index in [0.717, 1.165) is 5.56 Å². The fourth-order valence-corrected chi connectivity index (χ4v) is 1.05. The lowest BCUT2D eigenvalue weighted by atomic mass is 9.98. The maximum absolute atomic E-state index is 10.4. The van der Waals surface area contributed by atoms with Gasteiger partial charge in [0.2, 0.25) is 0 Å². The van der Waals surface area contributed by atoms with Crippen LogP contribution in [-0.2, 0) is 10.4 Å². The van der Waals surface area contributed by atoms with Crippen LogP contribution in [0.1, 0.15) is 19.4 Å². The highest BCUT2D eigenvalue weighted by Crippen LogP contribution is 2.24. The van der Waals surface area contributed by atoms with Gasteiger partial charge in [-0.3, -0.25) is 15.0 Å². The van der Waals surface area contributed by atoms with Crippen molar-refractivity contribution in [2.24, 2.45) is 5.90 Å². The maximum atomic E-state index is 10.4. The van der Waals surface area contributed by atoms with Crippen LogP contribution in [0.4, 0.5) is 5.69 Å². The standard InChI is InChI=1S/C9H12N2O3/c1-9(2,14-10)7-3-5-8(6-4-7)11(12)13/h3-6H,10H2,1-2H3. The number of rotatable bonds is 3. The lowest BCUT2D eigenvalue weighted by Crippen LogP contribution is -2.25. The minimum absolute atomic E-state index is 0.0570. The fraction of sp³-hybridized carbons (Fsp3) is 0.333. The van der Waals surface area contributed by atoms with Gasteiger partial charge in [-0.1, -0.05) is 0 Å². The van der Waals surface area contributed by atoms with Gasteiger partial charge in [-0.15, -0.1) is 0 Å². The first-order valence-electron chi connectivity index (χ1n) is 4.10. The maximum Gasteiger partial charge on any atom is 0.269 e. The first-order chi connectivity index (χ1) is 6.47. The number of hydrogen-bond acceptors (Lipinski definition) is 4. The fourth-order valence-electron chi connectivity index (χ4n) is 1.05. The van der Waals surface area contributed by atoms with Crippen LogP contribution in [0, 0.1) is 10.1 Å². The predicted octanol–water partition coefficient (Wildman–Crippen LogP) is 1.72. The molecule has 0 saturated carbocycles. The van der Waals surface area contributed by atoms with Crippen LogP contribution in [0.2, 0.25) is 0 Å². The van der Waals surface area contributed by atoms with E-state index in [1.54, 1.807) is 26.0 Å². The van der Waals surface area contributed by atoms with Gasteiger partial charge in [0.25, 0.3) is 5.69 Å². The molecular weight excluding hydrogens is 184 g/mol. The SMILES string of the molecule is CC(C)(ON)c1ccc([N+](=O)[O-])cc1. The quantitative estimate of drug-likeness (QED) is 0.589. The Morgan fingerprint density at radius 2 is 1.86 bits per heavy atom. The van der Waals surface area contributed by atoms with Crippen molar-refractivity contribution in [2.75, 3.05) is 0 Å². The molecule has 0 fully saturated rings. The molecular formula is C9H12N2O3. The van der Waals surface area contributed by atoms with E-state index in [-0.39, 0.29) is 5.69 Å². The average molecular weight is 196 g/mol. The molecule has 0 atom stereocenters. The Morgan fingerprint density at radius 3 is 2.21 bits per heavy atom. The van der Waals surface area contributed by atoms with Crippen molar-refractivity contribution < 1.29 is 9.76 Å². The summed E-state index contributed by atoms with van der Waals surface area (Å²) in [7, 11) is 0. The molecule has 5 heteroatoms. The summed E-state index contributed by atoms with van der Waals surface area (Å²) in [5, 5.41) is 10.4. The Hall–Kier alpha value is -1.46. The molecule has 5 nitrogen and oxygen atoms in total. The molecule has 1 aromatic rings. The summed E-state index contributed by atoms with van der Waals surface area (Å²) in [5.74, 6) is 5.10. The third-order valence-electron chi connectivity index (χ3n) is 2.07. The summed E-state index contributed by atoms with van der Waals surface area (Å²) < 4.78 is 0. The van der Waals surface area contributed by atoms with Crippen LogP contribution >= 0.6 is 0 Å². The van der Waals surface area contributed by atoms with Gasteiger partial charge in [0.05, 0.1) is 4.92 Å². The van der Waals surface area contributed by atoms with Crippen LogP contribution in [-0.4, -0.2) is 4.92 Å². The summed E-state index contributed by atoms with van der Waals surface area (Å²) in [5.41, 5.74) is 0.224. The van der Waals surface area contributed by atoms with E-state index in [1.807, 2.05) is 0 Å². The molecule has 14 heavy (non-hydrogen) atoms. The smallest absolute Gasteiger partial charge is 0.269 e. The summed E-state index contributed by atoms with van der Waals surface area (Å²) in [6.45, 7) is 3.57. The largest absolute Gasteiger partial charge is 0.294 e. The monoisotopic (exact) mass is 196 g/mol. The molecule has 0 amide bonds. The molecule has 1 aromatic carbocycles. The number of nitrogens with two attached hydrogens (primary N) is 1. The zero-order chi connectivity index (χ0) is 10.8. The summed E-state index contributed by atoms with van der Waals surface area (Å²) >= 11 is 0. The van der Waals surface area contributed by atoms with Gasteiger partial charge < -0.3 is 0 Å². The molecule has 0 aliphatic carbocycles. The van der Waals surface area contributed by atoms with Crippen molar-refractivity contribution in [1.82, 2.24) is 0 Å². The Labute approximate surface area is 81.6 Å². The van der Waals surface area contributed by atoms with Crippen molar-refractivity contribution in [1.29, 1.82) is 0 Å². The van der Waals surface area contributed by atoms with Crippen LogP contribution < -0.4 is 5.90 Å². The van der Waals surface area contributed by atoms with E-state index in [1.165, 1.54) is 12.1 Å². The lowest BCUT2D eigenvalue weighted by molar-refractivity contribution is -0.384. The van der Waals surface area contributed by atoms with Gasteiger partial charge in [-0.25, -0.2) is 5.90 Å². The number of non-ortho nitro benzene ring substituents is 1. The third kappa shape index (κ3) is 2.07. The third-order valence-corrected chi connectivity index (χ3v) is 2.07. The highest BCUT2D eigenvalue weighted by Gasteiger charge is 2.20. The first kappa shape index (κ1) is 10.6. The predicted molar refractivity (Wildman–Crippen MR) is 51.4 cm³/mol. The van der Waals surface area contributed by atoms with Crippen LogP contribution in [0.15, 0.2) is 24.3 Å². The van der Waals surface area contributed by atoms with Crippen molar-refractivity contribution in [3.05, 3.63) is 39.9 Å². The summed E-state index contributed by atoms with van der Waals surface area (Å²) in [4.78, 5) is 14.7. The van der Waals surface area contributed by atoms with Crippen molar-refractivity contribution in [2.45, 2.75) is 19.4 Å². The molecule has 0 aliphatic rings. The summed E-state index contributed by atoms with van der Waals surface area (Å²) in [6, 6.07) is 6.11. The second kappa shape index (κ2) is 3.73. The van der Waals surface area contributed by atoms with Gasteiger partial charge in [-0.05, 0) is 31.5 Å². The second-order valence-corrected chi connectivity index (χ2v) is 3.43. The van der Waals surface area contributed by atoms with Gasteiger partial charge >= 0.3 is 0 Å². The average Bonchev–Trinajstić information content (AvgIpc) is 2.18. The Balaban J connectivity index is 2.99. The lowest BCUT2D eigenvalue weighted by Gasteiger charge is -2.21. The topological polar surface area (TPSA) is 78.4 Å². The summed E-state index contributed by atoms with van der Waals surface area (Å²) in [6.07, 6.45) is 0. The highest BCUT2D eigenvalue weighted by atomic mass is 16.6.